The summed E-state index contributed by atoms with van der Waals surface area (Å²) < 4.78 is 0. The van der Waals surface area contributed by atoms with Crippen molar-refractivity contribution in [2.45, 2.75) is 31.8 Å². The standard InChI is InChI=1S/C14H22ClN3/c1-11(2)18-7-6-14(9-16,10-18)17-13-5-3-4-12(15)8-13/h3-5,8,11,17H,6-7,9-10,16H2,1-2H3. The Morgan fingerprint density at radius 3 is 2.83 bits per heavy atom. The number of likely N-dealkylation sites (tertiary alicyclic amines) is 1. The van der Waals surface area contributed by atoms with Crippen LogP contribution in [0.5, 0.6) is 0 Å². The van der Waals surface area contributed by atoms with Gasteiger partial charge in [0.25, 0.3) is 0 Å². The van der Waals surface area contributed by atoms with Crippen LogP contribution in [0.4, 0.5) is 5.69 Å². The molecule has 4 heteroatoms. The highest BCUT2D eigenvalue weighted by Crippen LogP contribution is 2.27. The van der Waals surface area contributed by atoms with Crippen LogP contribution < -0.4 is 11.1 Å². The first-order valence-electron chi connectivity index (χ1n) is 6.52. The van der Waals surface area contributed by atoms with Crippen LogP contribution in [-0.2, 0) is 0 Å². The van der Waals surface area contributed by atoms with E-state index in [2.05, 4.69) is 24.1 Å². The van der Waals surface area contributed by atoms with E-state index in [1.807, 2.05) is 24.3 Å². The Bertz CT molecular complexity index is 408. The maximum absolute atomic E-state index is 6.02. The minimum atomic E-state index is -0.0189. The molecule has 0 aromatic heterocycles. The molecule has 1 aromatic carbocycles. The summed E-state index contributed by atoms with van der Waals surface area (Å²) in [6, 6.07) is 8.42. The first-order valence-corrected chi connectivity index (χ1v) is 6.90. The highest BCUT2D eigenvalue weighted by atomic mass is 35.5. The molecule has 1 aromatic rings. The first-order chi connectivity index (χ1) is 8.54. The summed E-state index contributed by atoms with van der Waals surface area (Å²) in [4.78, 5) is 2.46. The van der Waals surface area contributed by atoms with Gasteiger partial charge in [0.1, 0.15) is 0 Å². The molecule has 1 heterocycles. The Morgan fingerprint density at radius 1 is 1.50 bits per heavy atom. The molecule has 100 valence electrons. The number of nitrogens with one attached hydrogen (secondary N) is 1. The summed E-state index contributed by atoms with van der Waals surface area (Å²) in [5.41, 5.74) is 7.03. The summed E-state index contributed by atoms with van der Waals surface area (Å²) >= 11 is 6.02. The van der Waals surface area contributed by atoms with Crippen LogP contribution in [0.1, 0.15) is 20.3 Å². The number of nitrogens with zero attached hydrogens (tertiary/aromatic N) is 1. The van der Waals surface area contributed by atoms with Crippen LogP contribution in [0.2, 0.25) is 5.02 Å². The average Bonchev–Trinajstić information content (AvgIpc) is 2.74. The second-order valence-electron chi connectivity index (χ2n) is 5.43. The highest BCUT2D eigenvalue weighted by Gasteiger charge is 2.37. The van der Waals surface area contributed by atoms with E-state index in [4.69, 9.17) is 17.3 Å². The number of anilines is 1. The fraction of sp³-hybridized carbons (Fsp3) is 0.571. The second kappa shape index (κ2) is 5.47. The third kappa shape index (κ3) is 2.97. The van der Waals surface area contributed by atoms with E-state index < -0.39 is 0 Å². The van der Waals surface area contributed by atoms with Crippen molar-refractivity contribution in [1.82, 2.24) is 4.90 Å². The quantitative estimate of drug-likeness (QED) is 0.881. The largest absolute Gasteiger partial charge is 0.377 e. The molecular weight excluding hydrogens is 246 g/mol. The fourth-order valence-corrected chi connectivity index (χ4v) is 2.73. The smallest absolute Gasteiger partial charge is 0.0634 e. The van der Waals surface area contributed by atoms with Gasteiger partial charge in [-0.15, -0.1) is 0 Å². The van der Waals surface area contributed by atoms with Gasteiger partial charge in [-0.1, -0.05) is 17.7 Å². The molecule has 0 spiro atoms. The monoisotopic (exact) mass is 267 g/mol. The van der Waals surface area contributed by atoms with Crippen molar-refractivity contribution in [2.75, 3.05) is 25.0 Å². The highest BCUT2D eigenvalue weighted by molar-refractivity contribution is 6.30. The third-order valence-corrected chi connectivity index (χ3v) is 3.97. The van der Waals surface area contributed by atoms with Crippen molar-refractivity contribution in [3.8, 4) is 0 Å². The molecule has 1 saturated heterocycles. The molecule has 1 atom stereocenters. The number of hydrogen-bond donors (Lipinski definition) is 2. The Kier molecular flexibility index (Phi) is 4.15. The zero-order valence-electron chi connectivity index (χ0n) is 11.1. The van der Waals surface area contributed by atoms with Gasteiger partial charge < -0.3 is 11.1 Å². The Balaban J connectivity index is 2.10. The van der Waals surface area contributed by atoms with E-state index in [1.165, 1.54) is 0 Å². The van der Waals surface area contributed by atoms with Crippen LogP contribution in [0, 0.1) is 0 Å². The van der Waals surface area contributed by atoms with Crippen LogP contribution >= 0.6 is 11.6 Å². The van der Waals surface area contributed by atoms with Crippen molar-refractivity contribution in [3.05, 3.63) is 29.3 Å². The van der Waals surface area contributed by atoms with Crippen molar-refractivity contribution in [3.63, 3.8) is 0 Å². The molecule has 1 fully saturated rings. The lowest BCUT2D eigenvalue weighted by Crippen LogP contribution is -2.48. The van der Waals surface area contributed by atoms with Gasteiger partial charge in [-0.2, -0.15) is 0 Å². The van der Waals surface area contributed by atoms with Gasteiger partial charge in [0.2, 0.25) is 0 Å². The molecule has 3 N–H and O–H groups in total. The first kappa shape index (κ1) is 13.7. The molecule has 0 aliphatic carbocycles. The molecule has 0 radical (unpaired) electrons. The van der Waals surface area contributed by atoms with E-state index in [1.54, 1.807) is 0 Å². The lowest BCUT2D eigenvalue weighted by atomic mass is 9.98. The van der Waals surface area contributed by atoms with Gasteiger partial charge >= 0.3 is 0 Å². The molecule has 1 unspecified atom stereocenters. The van der Waals surface area contributed by atoms with Crippen molar-refractivity contribution < 1.29 is 0 Å². The lowest BCUT2D eigenvalue weighted by Gasteiger charge is -2.31. The van der Waals surface area contributed by atoms with Crippen molar-refractivity contribution in [2.24, 2.45) is 5.73 Å². The third-order valence-electron chi connectivity index (χ3n) is 3.74. The average molecular weight is 268 g/mol. The molecule has 3 nitrogen and oxygen atoms in total. The van der Waals surface area contributed by atoms with Gasteiger partial charge in [-0.3, -0.25) is 4.90 Å². The van der Waals surface area contributed by atoms with Crippen LogP contribution in [-0.4, -0.2) is 36.1 Å². The molecule has 18 heavy (non-hydrogen) atoms. The van der Waals surface area contributed by atoms with Crippen molar-refractivity contribution >= 4 is 17.3 Å². The summed E-state index contributed by atoms with van der Waals surface area (Å²) in [5.74, 6) is 0. The van der Waals surface area contributed by atoms with Gasteiger partial charge in [0, 0.05) is 36.4 Å². The number of nitrogens with two attached hydrogens (primary N) is 1. The van der Waals surface area contributed by atoms with Crippen LogP contribution in [0.25, 0.3) is 0 Å². The van der Waals surface area contributed by atoms with Gasteiger partial charge in [-0.05, 0) is 38.5 Å². The summed E-state index contributed by atoms with van der Waals surface area (Å²) in [6.45, 7) is 7.19. The molecule has 0 amide bonds. The molecule has 1 aliphatic rings. The van der Waals surface area contributed by atoms with E-state index >= 15 is 0 Å². The Morgan fingerprint density at radius 2 is 2.28 bits per heavy atom. The van der Waals surface area contributed by atoms with Gasteiger partial charge in [0.15, 0.2) is 0 Å². The zero-order chi connectivity index (χ0) is 13.2. The normalized spacial score (nSPS) is 24.7. The predicted octanol–water partition coefficient (Wildman–Crippen LogP) is 2.56. The maximum atomic E-state index is 6.02. The van der Waals surface area contributed by atoms with E-state index in [0.717, 1.165) is 30.2 Å². The Hall–Kier alpha value is -0.770. The molecule has 0 bridgehead atoms. The second-order valence-corrected chi connectivity index (χ2v) is 5.87. The zero-order valence-corrected chi connectivity index (χ0v) is 11.9. The predicted molar refractivity (Wildman–Crippen MR) is 78.2 cm³/mol. The molecular formula is C14H22ClN3. The summed E-state index contributed by atoms with van der Waals surface area (Å²) in [5, 5.41) is 4.33. The van der Waals surface area contributed by atoms with Gasteiger partial charge in [0.05, 0.1) is 5.54 Å². The topological polar surface area (TPSA) is 41.3 Å². The number of benzene rings is 1. The van der Waals surface area contributed by atoms with Crippen molar-refractivity contribution in [1.29, 1.82) is 0 Å². The lowest BCUT2D eigenvalue weighted by molar-refractivity contribution is 0.262. The molecule has 1 aliphatic heterocycles. The van der Waals surface area contributed by atoms with Crippen LogP contribution in [0.15, 0.2) is 24.3 Å². The minimum Gasteiger partial charge on any atom is -0.377 e. The fourth-order valence-electron chi connectivity index (χ4n) is 2.54. The SMILES string of the molecule is CC(C)N1CCC(CN)(Nc2cccc(Cl)c2)C1. The summed E-state index contributed by atoms with van der Waals surface area (Å²) in [6.07, 6.45) is 1.08. The van der Waals surface area contributed by atoms with Gasteiger partial charge in [-0.25, -0.2) is 0 Å². The molecule has 2 rings (SSSR count). The maximum Gasteiger partial charge on any atom is 0.0634 e. The molecule has 0 saturated carbocycles. The summed E-state index contributed by atoms with van der Waals surface area (Å²) in [7, 11) is 0. The van der Waals surface area contributed by atoms with E-state index in [9.17, 15) is 0 Å². The number of rotatable bonds is 4. The number of hydrogen-bond acceptors (Lipinski definition) is 3. The van der Waals surface area contributed by atoms with Crippen LogP contribution in [0.3, 0.4) is 0 Å². The minimum absolute atomic E-state index is 0.0189. The Labute approximate surface area is 114 Å². The number of halogens is 1. The van der Waals surface area contributed by atoms with E-state index in [-0.39, 0.29) is 5.54 Å². The van der Waals surface area contributed by atoms with E-state index in [0.29, 0.717) is 12.6 Å².